The van der Waals surface area contributed by atoms with Crippen molar-refractivity contribution in [2.75, 3.05) is 0 Å². The molecule has 0 aliphatic heterocycles. The number of benzene rings is 2. The summed E-state index contributed by atoms with van der Waals surface area (Å²) in [5.74, 6) is -1.67. The standard InChI is InChI=1S/C20H21Cl2FN2O2/c1-4-14-9-11-15(12-10-14)18(26)13-20(2,3)25(22)24(21)19(27)16-7-5-6-8-17(16)23/h5-12H,4,13H2,1-3H3. The van der Waals surface area contributed by atoms with Gasteiger partial charge in [-0.2, -0.15) is 4.53 Å². The van der Waals surface area contributed by atoms with E-state index in [9.17, 15) is 14.0 Å². The van der Waals surface area contributed by atoms with E-state index in [1.54, 1.807) is 26.0 Å². The van der Waals surface area contributed by atoms with Gasteiger partial charge in [-0.1, -0.05) is 43.3 Å². The lowest BCUT2D eigenvalue weighted by atomic mass is 9.94. The topological polar surface area (TPSA) is 40.6 Å². The molecule has 2 rings (SSSR count). The number of Topliss-reactive ketones (excluding diaryl/α,β-unsaturated/α-hetero) is 1. The maximum absolute atomic E-state index is 13.8. The molecule has 0 radical (unpaired) electrons. The van der Waals surface area contributed by atoms with E-state index in [0.717, 1.165) is 22.6 Å². The average Bonchev–Trinajstić information content (AvgIpc) is 2.66. The van der Waals surface area contributed by atoms with Gasteiger partial charge >= 0.3 is 0 Å². The van der Waals surface area contributed by atoms with Crippen LogP contribution in [0.3, 0.4) is 0 Å². The Hall–Kier alpha value is -1.95. The lowest BCUT2D eigenvalue weighted by molar-refractivity contribution is 0.0370. The molecule has 0 saturated carbocycles. The van der Waals surface area contributed by atoms with Gasteiger partial charge in [-0.25, -0.2) is 4.39 Å². The van der Waals surface area contributed by atoms with Crippen molar-refractivity contribution in [3.05, 3.63) is 71.0 Å². The summed E-state index contributed by atoms with van der Waals surface area (Å²) in [5.41, 5.74) is 0.472. The van der Waals surface area contributed by atoms with Gasteiger partial charge in [-0.05, 0) is 38.0 Å². The van der Waals surface area contributed by atoms with Crippen LogP contribution in [0.5, 0.6) is 0 Å². The van der Waals surface area contributed by atoms with Gasteiger partial charge in [-0.15, -0.1) is 4.53 Å². The summed E-state index contributed by atoms with van der Waals surface area (Å²) in [6.45, 7) is 5.37. The maximum atomic E-state index is 13.8. The van der Waals surface area contributed by atoms with Crippen LogP contribution in [-0.4, -0.2) is 26.3 Å². The van der Waals surface area contributed by atoms with Crippen molar-refractivity contribution in [2.24, 2.45) is 0 Å². The highest BCUT2D eigenvalue weighted by molar-refractivity contribution is 6.27. The van der Waals surface area contributed by atoms with Crippen molar-refractivity contribution >= 4 is 35.2 Å². The number of carbonyl (C=O) groups excluding carboxylic acids is 2. The van der Waals surface area contributed by atoms with Gasteiger partial charge < -0.3 is 0 Å². The van der Waals surface area contributed by atoms with Gasteiger partial charge in [0.1, 0.15) is 5.82 Å². The predicted molar refractivity (Wildman–Crippen MR) is 105 cm³/mol. The number of ketones is 1. The summed E-state index contributed by atoms with van der Waals surface area (Å²) in [6, 6.07) is 12.8. The number of hydrazine groups is 1. The Morgan fingerprint density at radius 1 is 1.04 bits per heavy atom. The quantitative estimate of drug-likeness (QED) is 0.348. The molecule has 0 atom stereocenters. The first-order valence-electron chi connectivity index (χ1n) is 8.50. The second-order valence-electron chi connectivity index (χ2n) is 6.77. The van der Waals surface area contributed by atoms with E-state index >= 15 is 0 Å². The van der Waals surface area contributed by atoms with Crippen molar-refractivity contribution in [1.82, 2.24) is 9.06 Å². The molecule has 0 aromatic heterocycles. The highest BCUT2D eigenvalue weighted by atomic mass is 35.5. The first kappa shape index (κ1) is 21.4. The fraction of sp³-hybridized carbons (Fsp3) is 0.300. The van der Waals surface area contributed by atoms with Crippen LogP contribution in [0, 0.1) is 5.82 Å². The fourth-order valence-corrected chi connectivity index (χ4v) is 2.96. The number of aryl methyl sites for hydroxylation is 1. The summed E-state index contributed by atoms with van der Waals surface area (Å²) < 4.78 is 15.3. The summed E-state index contributed by atoms with van der Waals surface area (Å²) in [5, 5.41) is 0. The molecule has 0 saturated heterocycles. The molecule has 4 nitrogen and oxygen atoms in total. The van der Waals surface area contributed by atoms with Gasteiger partial charge in [0.2, 0.25) is 0 Å². The second-order valence-corrected chi connectivity index (χ2v) is 7.41. The van der Waals surface area contributed by atoms with E-state index in [4.69, 9.17) is 23.6 Å². The SMILES string of the molecule is CCc1ccc(C(=O)CC(C)(C)N(Cl)N(Cl)C(=O)c2ccccc2F)cc1. The van der Waals surface area contributed by atoms with Gasteiger partial charge in [0.25, 0.3) is 5.91 Å². The summed E-state index contributed by atoms with van der Waals surface area (Å²) in [7, 11) is 0. The molecule has 27 heavy (non-hydrogen) atoms. The van der Waals surface area contributed by atoms with E-state index in [2.05, 4.69) is 0 Å². The van der Waals surface area contributed by atoms with Crippen molar-refractivity contribution < 1.29 is 14.0 Å². The maximum Gasteiger partial charge on any atom is 0.287 e. The highest BCUT2D eigenvalue weighted by Crippen LogP contribution is 2.28. The first-order valence-corrected chi connectivity index (χ1v) is 9.18. The van der Waals surface area contributed by atoms with Gasteiger partial charge in [0, 0.05) is 35.5 Å². The Balaban J connectivity index is 2.12. The van der Waals surface area contributed by atoms with E-state index in [0.29, 0.717) is 10.1 Å². The Morgan fingerprint density at radius 2 is 1.63 bits per heavy atom. The predicted octanol–water partition coefficient (Wildman–Crippen LogP) is 5.41. The molecule has 7 heteroatoms. The van der Waals surface area contributed by atoms with Crippen LogP contribution >= 0.6 is 23.6 Å². The van der Waals surface area contributed by atoms with E-state index < -0.39 is 17.3 Å². The zero-order valence-electron chi connectivity index (χ0n) is 15.4. The number of halogens is 3. The zero-order chi connectivity index (χ0) is 20.2. The second kappa shape index (κ2) is 8.83. The third-order valence-corrected chi connectivity index (χ3v) is 5.19. The van der Waals surface area contributed by atoms with E-state index in [-0.39, 0.29) is 17.8 Å². The molecule has 2 aromatic carbocycles. The molecule has 0 spiro atoms. The molecule has 0 fully saturated rings. The Bertz CT molecular complexity index is 825. The van der Waals surface area contributed by atoms with Crippen LogP contribution in [0.25, 0.3) is 0 Å². The lowest BCUT2D eigenvalue weighted by Crippen LogP contribution is -2.48. The van der Waals surface area contributed by atoms with Crippen LogP contribution in [0.4, 0.5) is 4.39 Å². The number of carbonyl (C=O) groups is 2. The molecular weight excluding hydrogens is 390 g/mol. The number of rotatable bonds is 7. The van der Waals surface area contributed by atoms with E-state index in [1.807, 2.05) is 19.1 Å². The number of amides is 1. The van der Waals surface area contributed by atoms with Crippen LogP contribution in [-0.2, 0) is 6.42 Å². The largest absolute Gasteiger partial charge is 0.294 e. The molecule has 2 aromatic rings. The average molecular weight is 411 g/mol. The molecular formula is C20H21Cl2FN2O2. The monoisotopic (exact) mass is 410 g/mol. The van der Waals surface area contributed by atoms with Crippen molar-refractivity contribution in [3.8, 4) is 0 Å². The normalized spacial score (nSPS) is 11.5. The molecule has 0 aliphatic rings. The van der Waals surface area contributed by atoms with Crippen LogP contribution in [0.2, 0.25) is 0 Å². The zero-order valence-corrected chi connectivity index (χ0v) is 16.9. The van der Waals surface area contributed by atoms with E-state index in [1.165, 1.54) is 18.2 Å². The Kier molecular flexibility index (Phi) is 6.98. The molecule has 144 valence electrons. The van der Waals surface area contributed by atoms with Crippen molar-refractivity contribution in [1.29, 1.82) is 0 Å². The smallest absolute Gasteiger partial charge is 0.287 e. The van der Waals surface area contributed by atoms with Crippen LogP contribution in [0.1, 0.15) is 53.5 Å². The van der Waals surface area contributed by atoms with Crippen LogP contribution < -0.4 is 0 Å². The number of hydrogen-bond donors (Lipinski definition) is 0. The molecule has 0 N–H and O–H groups in total. The molecule has 0 heterocycles. The Labute approximate surface area is 168 Å². The van der Waals surface area contributed by atoms with Gasteiger partial charge in [0.15, 0.2) is 5.78 Å². The number of hydrogen-bond acceptors (Lipinski definition) is 3. The van der Waals surface area contributed by atoms with Crippen LogP contribution in [0.15, 0.2) is 48.5 Å². The third-order valence-electron chi connectivity index (χ3n) is 4.20. The minimum atomic E-state index is -0.995. The minimum absolute atomic E-state index is 0.00967. The summed E-state index contributed by atoms with van der Waals surface area (Å²) in [4.78, 5) is 25.0. The van der Waals surface area contributed by atoms with Crippen molar-refractivity contribution in [3.63, 3.8) is 0 Å². The minimum Gasteiger partial charge on any atom is -0.294 e. The highest BCUT2D eigenvalue weighted by Gasteiger charge is 2.36. The lowest BCUT2D eigenvalue weighted by Gasteiger charge is -2.35. The molecule has 0 aliphatic carbocycles. The molecule has 0 bridgehead atoms. The molecule has 0 unspecified atom stereocenters. The summed E-state index contributed by atoms with van der Waals surface area (Å²) in [6.07, 6.45) is 0.893. The Morgan fingerprint density at radius 3 is 2.19 bits per heavy atom. The summed E-state index contributed by atoms with van der Waals surface area (Å²) >= 11 is 12.3. The van der Waals surface area contributed by atoms with Gasteiger partial charge in [0.05, 0.1) is 11.1 Å². The van der Waals surface area contributed by atoms with Crippen molar-refractivity contribution in [2.45, 2.75) is 39.2 Å². The first-order chi connectivity index (χ1) is 12.7. The molecule has 1 amide bonds. The fourth-order valence-electron chi connectivity index (χ4n) is 2.54. The third kappa shape index (κ3) is 5.06. The number of nitrogens with zero attached hydrogens (tertiary/aromatic N) is 2. The van der Waals surface area contributed by atoms with Gasteiger partial charge in [-0.3, -0.25) is 9.59 Å².